The Morgan fingerprint density at radius 1 is 1.30 bits per heavy atom. The fourth-order valence-corrected chi connectivity index (χ4v) is 2.32. The van der Waals surface area contributed by atoms with Crippen molar-refractivity contribution in [3.05, 3.63) is 36.7 Å². The molecule has 2 aromatic heterocycles. The largest absolute Gasteiger partial charge is 0.356 e. The summed E-state index contributed by atoms with van der Waals surface area (Å²) in [6.07, 6.45) is 7.73. The third-order valence-corrected chi connectivity index (χ3v) is 3.62. The number of nitrogens with one attached hydrogen (secondary N) is 1. The summed E-state index contributed by atoms with van der Waals surface area (Å²) in [4.78, 5) is 6.48. The van der Waals surface area contributed by atoms with E-state index in [4.69, 9.17) is 0 Å². The first-order chi connectivity index (χ1) is 10.7. The van der Waals surface area contributed by atoms with Crippen molar-refractivity contribution in [1.29, 1.82) is 0 Å². The van der Waals surface area contributed by atoms with Gasteiger partial charge in [0.1, 0.15) is 12.7 Å². The first kappa shape index (κ1) is 19.5. The van der Waals surface area contributed by atoms with E-state index in [-0.39, 0.29) is 24.0 Å². The topological polar surface area (TPSA) is 63.3 Å². The molecule has 23 heavy (non-hydrogen) atoms. The summed E-state index contributed by atoms with van der Waals surface area (Å²) in [5.41, 5.74) is 1.26. The van der Waals surface area contributed by atoms with Crippen molar-refractivity contribution in [3.8, 4) is 0 Å². The molecule has 2 heterocycles. The van der Waals surface area contributed by atoms with Crippen LogP contribution in [0.5, 0.6) is 0 Å². The molecule has 1 N–H and O–H groups in total. The number of unbranched alkanes of at least 4 members (excludes halogenated alkanes) is 1. The second-order valence-corrected chi connectivity index (χ2v) is 5.35. The average molecular weight is 431 g/mol. The van der Waals surface area contributed by atoms with E-state index in [0.29, 0.717) is 0 Å². The Morgan fingerprint density at radius 3 is 2.65 bits per heavy atom. The Hall–Kier alpha value is -1.58. The van der Waals surface area contributed by atoms with Crippen molar-refractivity contribution in [2.45, 2.75) is 25.9 Å². The molecule has 0 spiro atoms. The minimum Gasteiger partial charge on any atom is -0.356 e. The van der Waals surface area contributed by atoms with Gasteiger partial charge in [-0.05, 0) is 25.0 Å². The molecule has 0 saturated carbocycles. The van der Waals surface area contributed by atoms with Gasteiger partial charge in [0, 0.05) is 46.1 Å². The number of aryl methyl sites for hydroxylation is 2. The molecular formula is C15H26IN7. The van der Waals surface area contributed by atoms with Crippen molar-refractivity contribution in [1.82, 2.24) is 29.5 Å². The SMILES string of the molecule is CN=C(NCCCCn1cnnc1)N(C)Cc1cccn1C.I. The summed E-state index contributed by atoms with van der Waals surface area (Å²) in [6, 6.07) is 4.19. The van der Waals surface area contributed by atoms with Gasteiger partial charge in [-0.1, -0.05) is 0 Å². The molecule has 0 unspecified atom stereocenters. The number of aromatic nitrogens is 4. The maximum absolute atomic E-state index is 4.34. The highest BCUT2D eigenvalue weighted by Gasteiger charge is 2.07. The van der Waals surface area contributed by atoms with Crippen LogP contribution in [0.1, 0.15) is 18.5 Å². The van der Waals surface area contributed by atoms with Gasteiger partial charge in [-0.15, -0.1) is 34.2 Å². The molecule has 0 amide bonds. The molecule has 0 fully saturated rings. The Bertz CT molecular complexity index is 576. The van der Waals surface area contributed by atoms with Crippen LogP contribution >= 0.6 is 24.0 Å². The summed E-state index contributed by atoms with van der Waals surface area (Å²) in [7, 11) is 5.94. The van der Waals surface area contributed by atoms with Crippen LogP contribution in [0, 0.1) is 0 Å². The van der Waals surface area contributed by atoms with Crippen molar-refractivity contribution >= 4 is 29.9 Å². The van der Waals surface area contributed by atoms with Crippen LogP contribution in [0.2, 0.25) is 0 Å². The molecule has 128 valence electrons. The Morgan fingerprint density at radius 2 is 2.04 bits per heavy atom. The zero-order chi connectivity index (χ0) is 15.8. The van der Waals surface area contributed by atoms with E-state index >= 15 is 0 Å². The molecule has 0 atom stereocenters. The number of hydrogen-bond acceptors (Lipinski definition) is 3. The quantitative estimate of drug-likeness (QED) is 0.314. The zero-order valence-electron chi connectivity index (χ0n) is 14.0. The van der Waals surface area contributed by atoms with E-state index in [0.717, 1.165) is 38.4 Å². The standard InChI is InChI=1S/C15H25N7.HI/c1-16-15(21(3)11-14-7-6-9-20(14)2)17-8-4-5-10-22-12-18-19-13-22;/h6-7,9,12-13H,4-5,8,10-11H2,1-3H3,(H,16,17);1H. The number of halogens is 1. The molecule has 0 aliphatic carbocycles. The second-order valence-electron chi connectivity index (χ2n) is 5.35. The minimum absolute atomic E-state index is 0. The summed E-state index contributed by atoms with van der Waals surface area (Å²) >= 11 is 0. The van der Waals surface area contributed by atoms with Gasteiger partial charge in [0.2, 0.25) is 0 Å². The monoisotopic (exact) mass is 431 g/mol. The Kier molecular flexibility index (Phi) is 8.67. The van der Waals surface area contributed by atoms with E-state index in [2.05, 4.69) is 62.4 Å². The Labute approximate surface area is 154 Å². The number of aliphatic imine (C=N–C) groups is 1. The number of hydrogen-bond donors (Lipinski definition) is 1. The van der Waals surface area contributed by atoms with Gasteiger partial charge in [-0.25, -0.2) is 0 Å². The zero-order valence-corrected chi connectivity index (χ0v) is 16.3. The van der Waals surface area contributed by atoms with E-state index in [1.165, 1.54) is 5.69 Å². The molecule has 0 radical (unpaired) electrons. The molecule has 0 aliphatic heterocycles. The van der Waals surface area contributed by atoms with Gasteiger partial charge in [-0.2, -0.15) is 0 Å². The summed E-state index contributed by atoms with van der Waals surface area (Å²) < 4.78 is 4.12. The molecule has 2 rings (SSSR count). The first-order valence-electron chi connectivity index (χ1n) is 7.55. The van der Waals surface area contributed by atoms with Crippen LogP contribution in [0.25, 0.3) is 0 Å². The van der Waals surface area contributed by atoms with E-state index in [9.17, 15) is 0 Å². The van der Waals surface area contributed by atoms with Crippen LogP contribution in [0.15, 0.2) is 36.0 Å². The van der Waals surface area contributed by atoms with Gasteiger partial charge in [0.15, 0.2) is 5.96 Å². The highest BCUT2D eigenvalue weighted by molar-refractivity contribution is 14.0. The molecule has 7 nitrogen and oxygen atoms in total. The highest BCUT2D eigenvalue weighted by atomic mass is 127. The maximum Gasteiger partial charge on any atom is 0.193 e. The van der Waals surface area contributed by atoms with Crippen molar-refractivity contribution in [3.63, 3.8) is 0 Å². The molecule has 2 aromatic rings. The van der Waals surface area contributed by atoms with Gasteiger partial charge < -0.3 is 19.4 Å². The lowest BCUT2D eigenvalue weighted by Gasteiger charge is -2.22. The van der Waals surface area contributed by atoms with E-state index in [1.807, 2.05) is 11.6 Å². The predicted molar refractivity (Wildman–Crippen MR) is 103 cm³/mol. The fraction of sp³-hybridized carbons (Fsp3) is 0.533. The van der Waals surface area contributed by atoms with Crippen LogP contribution in [0.3, 0.4) is 0 Å². The van der Waals surface area contributed by atoms with Gasteiger partial charge in [0.25, 0.3) is 0 Å². The summed E-state index contributed by atoms with van der Waals surface area (Å²) in [5.74, 6) is 0.922. The third kappa shape index (κ3) is 6.20. The van der Waals surface area contributed by atoms with Gasteiger partial charge >= 0.3 is 0 Å². The molecule has 8 heteroatoms. The number of nitrogens with zero attached hydrogens (tertiary/aromatic N) is 6. The fourth-order valence-electron chi connectivity index (χ4n) is 2.32. The van der Waals surface area contributed by atoms with Crippen LogP contribution in [0.4, 0.5) is 0 Å². The molecule has 0 bridgehead atoms. The molecule has 0 saturated heterocycles. The van der Waals surface area contributed by atoms with E-state index in [1.54, 1.807) is 12.7 Å². The third-order valence-electron chi connectivity index (χ3n) is 3.62. The van der Waals surface area contributed by atoms with Crippen molar-refractivity contribution in [2.24, 2.45) is 12.0 Å². The Balaban J connectivity index is 0.00000264. The molecular weight excluding hydrogens is 405 g/mol. The minimum atomic E-state index is 0. The van der Waals surface area contributed by atoms with Crippen LogP contribution in [-0.4, -0.2) is 50.8 Å². The first-order valence-corrected chi connectivity index (χ1v) is 7.55. The van der Waals surface area contributed by atoms with Crippen molar-refractivity contribution < 1.29 is 0 Å². The number of rotatable bonds is 7. The average Bonchev–Trinajstić information content (AvgIpc) is 3.15. The van der Waals surface area contributed by atoms with Crippen LogP contribution < -0.4 is 5.32 Å². The predicted octanol–water partition coefficient (Wildman–Crippen LogP) is 1.72. The van der Waals surface area contributed by atoms with E-state index < -0.39 is 0 Å². The highest BCUT2D eigenvalue weighted by Crippen LogP contribution is 2.03. The van der Waals surface area contributed by atoms with Crippen molar-refractivity contribution in [2.75, 3.05) is 20.6 Å². The lowest BCUT2D eigenvalue weighted by molar-refractivity contribution is 0.459. The summed E-state index contributed by atoms with van der Waals surface area (Å²) in [6.45, 7) is 2.70. The maximum atomic E-state index is 4.34. The number of guanidine groups is 1. The smallest absolute Gasteiger partial charge is 0.193 e. The van der Waals surface area contributed by atoms with Crippen LogP contribution in [-0.2, 0) is 20.1 Å². The lowest BCUT2D eigenvalue weighted by Crippen LogP contribution is -2.39. The second kappa shape index (κ2) is 10.2. The molecule has 0 aliphatic rings. The normalized spacial score (nSPS) is 11.2. The molecule has 0 aromatic carbocycles. The van der Waals surface area contributed by atoms with Gasteiger partial charge in [-0.3, -0.25) is 4.99 Å². The van der Waals surface area contributed by atoms with Gasteiger partial charge in [0.05, 0.1) is 6.54 Å². The summed E-state index contributed by atoms with van der Waals surface area (Å²) in [5, 5.41) is 11.0. The lowest BCUT2D eigenvalue weighted by atomic mass is 10.3.